The van der Waals surface area contributed by atoms with Crippen LogP contribution in [0, 0.1) is 5.92 Å². The fraction of sp³-hybridized carbons (Fsp3) is 0.773. The maximum atomic E-state index is 12.4. The summed E-state index contributed by atoms with van der Waals surface area (Å²) in [4.78, 5) is 28.2. The summed E-state index contributed by atoms with van der Waals surface area (Å²) >= 11 is 0. The maximum Gasteiger partial charge on any atom is 0.309 e. The number of hydrogen-bond donors (Lipinski definition) is 0. The monoisotopic (exact) mass is 449 g/mol. The molecule has 1 atom stereocenters. The van der Waals surface area contributed by atoms with Crippen molar-refractivity contribution in [3.05, 3.63) is 5.69 Å². The van der Waals surface area contributed by atoms with Crippen LogP contribution in [0.5, 0.6) is 0 Å². The zero-order valence-corrected chi connectivity index (χ0v) is 19.4. The number of carbonyl (C=O) groups is 1. The molecule has 3 fully saturated rings. The van der Waals surface area contributed by atoms with E-state index in [0.29, 0.717) is 32.3 Å². The van der Waals surface area contributed by atoms with Crippen LogP contribution in [0.3, 0.4) is 0 Å². The van der Waals surface area contributed by atoms with Crippen LogP contribution in [0.1, 0.15) is 31.4 Å². The van der Waals surface area contributed by atoms with Crippen LogP contribution in [-0.4, -0.2) is 86.7 Å². The molecule has 0 N–H and O–H groups in total. The Morgan fingerprint density at radius 2 is 1.77 bits per heavy atom. The van der Waals surface area contributed by atoms with Crippen LogP contribution in [0.2, 0.25) is 0 Å². The van der Waals surface area contributed by atoms with E-state index < -0.39 is 0 Å². The Hall–Kier alpha value is -1.58. The standard InChI is InChI=1S/C22H33N4O4S/c1-25(16-5-10-29-11-6-16)20-19-18(7-12-31(19)2)23-22(24-20)26-13-17(14-26)30-21(27)15-3-8-28-9-4-15/h15-17H,3-14H2,1-2H3/q+1. The Balaban J connectivity index is 1.27. The molecule has 0 aromatic carbocycles. The molecule has 3 saturated heterocycles. The third kappa shape index (κ3) is 4.36. The van der Waals surface area contributed by atoms with E-state index in [0.717, 1.165) is 62.8 Å². The lowest BCUT2D eigenvalue weighted by Crippen LogP contribution is -2.54. The van der Waals surface area contributed by atoms with Crippen molar-refractivity contribution in [1.29, 1.82) is 0 Å². The molecular formula is C22H33N4O4S+. The molecule has 0 saturated carbocycles. The first kappa shape index (κ1) is 21.3. The number of hydrogen-bond acceptors (Lipinski definition) is 8. The van der Waals surface area contributed by atoms with Gasteiger partial charge in [0.2, 0.25) is 10.8 Å². The van der Waals surface area contributed by atoms with Gasteiger partial charge >= 0.3 is 5.97 Å². The summed E-state index contributed by atoms with van der Waals surface area (Å²) in [6.45, 7) is 4.29. The first-order chi connectivity index (χ1) is 15.1. The molecule has 170 valence electrons. The number of esters is 1. The summed E-state index contributed by atoms with van der Waals surface area (Å²) in [5, 5.41) is 0. The van der Waals surface area contributed by atoms with Gasteiger partial charge in [-0.05, 0) is 25.7 Å². The molecule has 0 amide bonds. The number of rotatable bonds is 5. The fourth-order valence-corrected chi connectivity index (χ4v) is 6.60. The molecule has 4 aliphatic heterocycles. The molecular weight excluding hydrogens is 416 g/mol. The average molecular weight is 450 g/mol. The average Bonchev–Trinajstić information content (AvgIpc) is 3.16. The SMILES string of the molecule is CN(c1nc(N2CC(OC(=O)C3CCOCC3)C2)nc2c1[S+](C)CC2)C1CCOCC1. The largest absolute Gasteiger partial charge is 0.458 e. The van der Waals surface area contributed by atoms with Gasteiger partial charge < -0.3 is 24.0 Å². The molecule has 1 aromatic rings. The van der Waals surface area contributed by atoms with Crippen molar-refractivity contribution in [3.63, 3.8) is 0 Å². The van der Waals surface area contributed by atoms with Crippen molar-refractivity contribution in [3.8, 4) is 0 Å². The minimum absolute atomic E-state index is 0.0127. The van der Waals surface area contributed by atoms with Gasteiger partial charge in [-0.3, -0.25) is 4.79 Å². The Morgan fingerprint density at radius 3 is 2.48 bits per heavy atom. The van der Waals surface area contributed by atoms with E-state index in [-0.39, 0.29) is 28.9 Å². The highest BCUT2D eigenvalue weighted by Crippen LogP contribution is 2.36. The summed E-state index contributed by atoms with van der Waals surface area (Å²) in [6.07, 6.45) is 6.88. The highest BCUT2D eigenvalue weighted by Gasteiger charge is 2.40. The second-order valence-corrected chi connectivity index (χ2v) is 11.1. The molecule has 0 radical (unpaired) electrons. The van der Waals surface area contributed by atoms with E-state index in [4.69, 9.17) is 24.2 Å². The van der Waals surface area contributed by atoms with E-state index in [9.17, 15) is 4.79 Å². The molecule has 9 heteroatoms. The van der Waals surface area contributed by atoms with Gasteiger partial charge in [-0.1, -0.05) is 0 Å². The Bertz CT molecular complexity index is 807. The number of nitrogens with zero attached hydrogens (tertiary/aromatic N) is 4. The van der Waals surface area contributed by atoms with Gasteiger partial charge in [0.15, 0.2) is 5.82 Å². The van der Waals surface area contributed by atoms with E-state index in [2.05, 4.69) is 23.1 Å². The van der Waals surface area contributed by atoms with Crippen molar-refractivity contribution >= 4 is 28.6 Å². The molecule has 4 aliphatic rings. The van der Waals surface area contributed by atoms with Crippen molar-refractivity contribution in [2.24, 2.45) is 5.92 Å². The van der Waals surface area contributed by atoms with Gasteiger partial charge in [0.1, 0.15) is 23.8 Å². The Kier molecular flexibility index (Phi) is 6.25. The number of carbonyl (C=O) groups excluding carboxylic acids is 1. The summed E-state index contributed by atoms with van der Waals surface area (Å²) in [5.74, 6) is 2.95. The van der Waals surface area contributed by atoms with Gasteiger partial charge in [-0.15, -0.1) is 0 Å². The molecule has 5 heterocycles. The summed E-state index contributed by atoms with van der Waals surface area (Å²) in [6, 6.07) is 0.461. The number of ether oxygens (including phenoxy) is 3. The topological polar surface area (TPSA) is 77.0 Å². The van der Waals surface area contributed by atoms with E-state index in [1.54, 1.807) is 0 Å². The number of aromatic nitrogens is 2. The summed E-state index contributed by atoms with van der Waals surface area (Å²) in [7, 11) is 2.37. The lowest BCUT2D eigenvalue weighted by Gasteiger charge is -2.39. The predicted octanol–water partition coefficient (Wildman–Crippen LogP) is 1.41. The van der Waals surface area contributed by atoms with Gasteiger partial charge in [0.25, 0.3) is 0 Å². The lowest BCUT2D eigenvalue weighted by atomic mass is 10.0. The van der Waals surface area contributed by atoms with Crippen molar-refractivity contribution in [2.45, 2.75) is 49.1 Å². The second kappa shape index (κ2) is 9.11. The number of aryl methyl sites for hydroxylation is 1. The van der Waals surface area contributed by atoms with Crippen molar-refractivity contribution in [1.82, 2.24) is 9.97 Å². The fourth-order valence-electron chi connectivity index (χ4n) is 4.84. The van der Waals surface area contributed by atoms with Gasteiger partial charge in [0, 0.05) is 56.8 Å². The van der Waals surface area contributed by atoms with Crippen molar-refractivity contribution in [2.75, 3.05) is 68.4 Å². The maximum absolute atomic E-state index is 12.4. The van der Waals surface area contributed by atoms with E-state index >= 15 is 0 Å². The highest BCUT2D eigenvalue weighted by atomic mass is 32.2. The number of anilines is 2. The summed E-state index contributed by atoms with van der Waals surface area (Å²) < 4.78 is 16.7. The third-order valence-electron chi connectivity index (χ3n) is 6.94. The zero-order valence-electron chi connectivity index (χ0n) is 18.5. The normalized spacial score (nSPS) is 25.2. The predicted molar refractivity (Wildman–Crippen MR) is 120 cm³/mol. The third-order valence-corrected chi connectivity index (χ3v) is 8.87. The van der Waals surface area contributed by atoms with Crippen LogP contribution < -0.4 is 9.80 Å². The van der Waals surface area contributed by atoms with Crippen LogP contribution in [-0.2, 0) is 36.3 Å². The Morgan fingerprint density at radius 1 is 1.10 bits per heavy atom. The van der Waals surface area contributed by atoms with Gasteiger partial charge in [0.05, 0.1) is 19.0 Å². The molecule has 0 aliphatic carbocycles. The van der Waals surface area contributed by atoms with Crippen LogP contribution >= 0.6 is 0 Å². The second-order valence-electron chi connectivity index (χ2n) is 9.02. The quantitative estimate of drug-likeness (QED) is 0.493. The minimum atomic E-state index is -0.0715. The number of fused-ring (bicyclic) bond motifs is 1. The van der Waals surface area contributed by atoms with Gasteiger partial charge in [-0.2, -0.15) is 4.98 Å². The molecule has 0 spiro atoms. The van der Waals surface area contributed by atoms with Gasteiger partial charge in [-0.25, -0.2) is 4.98 Å². The van der Waals surface area contributed by atoms with E-state index in [1.165, 1.54) is 10.6 Å². The Labute approximate surface area is 187 Å². The molecule has 0 bridgehead atoms. The molecule has 1 aromatic heterocycles. The summed E-state index contributed by atoms with van der Waals surface area (Å²) in [5.41, 5.74) is 1.20. The highest BCUT2D eigenvalue weighted by molar-refractivity contribution is 7.96. The first-order valence-electron chi connectivity index (χ1n) is 11.5. The molecule has 1 unspecified atom stereocenters. The van der Waals surface area contributed by atoms with Crippen molar-refractivity contribution < 1.29 is 19.0 Å². The van der Waals surface area contributed by atoms with Crippen LogP contribution in [0.15, 0.2) is 4.90 Å². The van der Waals surface area contributed by atoms with E-state index in [1.807, 2.05) is 0 Å². The molecule has 8 nitrogen and oxygen atoms in total. The zero-order chi connectivity index (χ0) is 21.4. The van der Waals surface area contributed by atoms with Crippen LogP contribution in [0.25, 0.3) is 0 Å². The van der Waals surface area contributed by atoms with Crippen LogP contribution in [0.4, 0.5) is 11.8 Å². The first-order valence-corrected chi connectivity index (χ1v) is 13.3. The molecule has 31 heavy (non-hydrogen) atoms. The molecule has 5 rings (SSSR count). The lowest BCUT2D eigenvalue weighted by molar-refractivity contribution is -0.158. The smallest absolute Gasteiger partial charge is 0.309 e. The minimum Gasteiger partial charge on any atom is -0.458 e.